The summed E-state index contributed by atoms with van der Waals surface area (Å²) in [6, 6.07) is 10.7. The molecule has 0 radical (unpaired) electrons. The van der Waals surface area contributed by atoms with E-state index in [2.05, 4.69) is 35.3 Å². The SMILES string of the molecule is [N-]=[N+]=Nc1cc(Nc2ccccc2)nc(N=[N+]=[N-])n1. The van der Waals surface area contributed by atoms with Gasteiger partial charge in [0.25, 0.3) is 0 Å². The van der Waals surface area contributed by atoms with Gasteiger partial charge in [0.15, 0.2) is 0 Å². The third kappa shape index (κ3) is 3.34. The van der Waals surface area contributed by atoms with Crippen LogP contribution in [-0.4, -0.2) is 9.97 Å². The molecule has 1 N–H and O–H groups in total. The zero-order valence-corrected chi connectivity index (χ0v) is 9.54. The van der Waals surface area contributed by atoms with Crippen molar-refractivity contribution in [3.05, 3.63) is 57.3 Å². The fourth-order valence-corrected chi connectivity index (χ4v) is 1.34. The van der Waals surface area contributed by atoms with Gasteiger partial charge >= 0.3 is 0 Å². The smallest absolute Gasteiger partial charge is 0.218 e. The predicted octanol–water partition coefficient (Wildman–Crippen LogP) is 4.10. The molecule has 0 aliphatic carbocycles. The highest BCUT2D eigenvalue weighted by molar-refractivity contribution is 5.59. The molecule has 0 amide bonds. The Balaban J connectivity index is 2.38. The Morgan fingerprint density at radius 3 is 2.42 bits per heavy atom. The number of nitrogens with zero attached hydrogens (tertiary/aromatic N) is 8. The Kier molecular flexibility index (Phi) is 3.77. The zero-order chi connectivity index (χ0) is 13.5. The van der Waals surface area contributed by atoms with Gasteiger partial charge in [-0.15, -0.1) is 0 Å². The Labute approximate surface area is 107 Å². The van der Waals surface area contributed by atoms with Gasteiger partial charge in [0.2, 0.25) is 5.95 Å². The number of anilines is 2. The molecule has 0 atom stereocenters. The first-order valence-electron chi connectivity index (χ1n) is 5.13. The van der Waals surface area contributed by atoms with Crippen molar-refractivity contribution in [3.63, 3.8) is 0 Å². The molecule has 0 saturated carbocycles. The molecule has 1 aromatic carbocycles. The van der Waals surface area contributed by atoms with E-state index in [1.807, 2.05) is 30.3 Å². The van der Waals surface area contributed by atoms with Crippen LogP contribution in [0.1, 0.15) is 0 Å². The summed E-state index contributed by atoms with van der Waals surface area (Å²) >= 11 is 0. The Morgan fingerprint density at radius 2 is 1.74 bits per heavy atom. The van der Waals surface area contributed by atoms with Crippen LogP contribution in [0.4, 0.5) is 23.3 Å². The van der Waals surface area contributed by atoms with Crippen molar-refractivity contribution in [3.8, 4) is 0 Å². The van der Waals surface area contributed by atoms with Crippen LogP contribution in [0.2, 0.25) is 0 Å². The average molecular weight is 253 g/mol. The molecule has 0 fully saturated rings. The fourth-order valence-electron chi connectivity index (χ4n) is 1.34. The van der Waals surface area contributed by atoms with Gasteiger partial charge in [-0.05, 0) is 33.4 Å². The minimum Gasteiger partial charge on any atom is -0.340 e. The van der Waals surface area contributed by atoms with Crippen molar-refractivity contribution in [1.29, 1.82) is 0 Å². The minimum atomic E-state index is -0.120. The third-order valence-corrected chi connectivity index (χ3v) is 2.03. The summed E-state index contributed by atoms with van der Waals surface area (Å²) in [6.07, 6.45) is 0. The molecule has 2 aromatic rings. The van der Waals surface area contributed by atoms with Gasteiger partial charge in [-0.3, -0.25) is 0 Å². The predicted molar refractivity (Wildman–Crippen MR) is 69.4 cm³/mol. The molecule has 9 heteroatoms. The van der Waals surface area contributed by atoms with Crippen LogP contribution in [-0.2, 0) is 0 Å². The van der Waals surface area contributed by atoms with Gasteiger partial charge in [-0.1, -0.05) is 18.2 Å². The molecule has 9 nitrogen and oxygen atoms in total. The van der Waals surface area contributed by atoms with E-state index < -0.39 is 0 Å². The molecule has 0 saturated heterocycles. The maximum Gasteiger partial charge on any atom is 0.218 e. The summed E-state index contributed by atoms with van der Waals surface area (Å²) in [5.41, 5.74) is 17.6. The molecular weight excluding hydrogens is 246 g/mol. The topological polar surface area (TPSA) is 135 Å². The van der Waals surface area contributed by atoms with Crippen molar-refractivity contribution < 1.29 is 0 Å². The molecule has 0 bridgehead atoms. The number of hydrogen-bond acceptors (Lipinski definition) is 5. The molecule has 2 rings (SSSR count). The van der Waals surface area contributed by atoms with E-state index in [0.717, 1.165) is 5.69 Å². The number of nitrogens with one attached hydrogen (secondary N) is 1. The Bertz CT molecular complexity index is 632. The molecular formula is C10H7N9. The first-order valence-corrected chi connectivity index (χ1v) is 5.13. The molecule has 92 valence electrons. The lowest BCUT2D eigenvalue weighted by molar-refractivity contribution is 1.11. The van der Waals surface area contributed by atoms with Crippen LogP contribution in [0.3, 0.4) is 0 Å². The number of para-hydroxylation sites is 1. The summed E-state index contributed by atoms with van der Waals surface area (Å²) < 4.78 is 0. The van der Waals surface area contributed by atoms with E-state index in [9.17, 15) is 0 Å². The summed E-state index contributed by atoms with van der Waals surface area (Å²) in [5, 5.41) is 9.63. The van der Waals surface area contributed by atoms with Gasteiger partial charge in [0, 0.05) is 21.6 Å². The maximum atomic E-state index is 8.40. The highest BCUT2D eigenvalue weighted by Crippen LogP contribution is 2.21. The maximum absolute atomic E-state index is 8.40. The third-order valence-electron chi connectivity index (χ3n) is 2.03. The van der Waals surface area contributed by atoms with Crippen LogP contribution >= 0.6 is 0 Å². The number of rotatable bonds is 4. The summed E-state index contributed by atoms with van der Waals surface area (Å²) in [4.78, 5) is 13.0. The normalized spacial score (nSPS) is 9.05. The highest BCUT2D eigenvalue weighted by atomic mass is 15.3. The number of aromatic nitrogens is 2. The lowest BCUT2D eigenvalue weighted by Crippen LogP contribution is -1.94. The fraction of sp³-hybridized carbons (Fsp3) is 0. The Morgan fingerprint density at radius 1 is 1.00 bits per heavy atom. The summed E-state index contributed by atoms with van der Waals surface area (Å²) in [5.74, 6) is 0.315. The van der Waals surface area contributed by atoms with Gasteiger partial charge in [-0.2, -0.15) is 0 Å². The largest absolute Gasteiger partial charge is 0.340 e. The first-order chi connectivity index (χ1) is 9.31. The number of azide groups is 2. The highest BCUT2D eigenvalue weighted by Gasteiger charge is 2.02. The molecule has 1 aromatic heterocycles. The standard InChI is InChI=1S/C10H7N9/c11-18-16-9-6-8(14-10(15-9)17-19-12)13-7-4-2-1-3-5-7/h1-6H,(H,13,14,15). The second kappa shape index (κ2) is 5.87. The van der Waals surface area contributed by atoms with Gasteiger partial charge in [-0.25, -0.2) is 9.97 Å². The van der Waals surface area contributed by atoms with Gasteiger partial charge in [0.1, 0.15) is 11.6 Å². The van der Waals surface area contributed by atoms with Gasteiger partial charge in [0.05, 0.1) is 0 Å². The number of benzene rings is 1. The van der Waals surface area contributed by atoms with E-state index >= 15 is 0 Å². The van der Waals surface area contributed by atoms with Crippen LogP contribution in [0.15, 0.2) is 46.6 Å². The van der Waals surface area contributed by atoms with Crippen LogP contribution in [0.25, 0.3) is 20.9 Å². The van der Waals surface area contributed by atoms with E-state index in [1.165, 1.54) is 6.07 Å². The summed E-state index contributed by atoms with van der Waals surface area (Å²) in [7, 11) is 0. The molecule has 0 aliphatic rings. The minimum absolute atomic E-state index is 0.0679. The summed E-state index contributed by atoms with van der Waals surface area (Å²) in [6.45, 7) is 0. The van der Waals surface area contributed by atoms with E-state index in [1.54, 1.807) is 0 Å². The molecule has 0 unspecified atom stereocenters. The molecule has 0 aliphatic heterocycles. The Hall–Kier alpha value is -3.28. The van der Waals surface area contributed by atoms with Gasteiger partial charge < -0.3 is 5.32 Å². The second-order valence-corrected chi connectivity index (χ2v) is 3.28. The molecule has 1 heterocycles. The lowest BCUT2D eigenvalue weighted by Gasteiger charge is -2.06. The van der Waals surface area contributed by atoms with Crippen molar-refractivity contribution >= 4 is 23.3 Å². The quantitative estimate of drug-likeness (QED) is 0.498. The second-order valence-electron chi connectivity index (χ2n) is 3.28. The van der Waals surface area contributed by atoms with E-state index in [0.29, 0.717) is 5.82 Å². The van der Waals surface area contributed by atoms with E-state index in [-0.39, 0.29) is 11.8 Å². The van der Waals surface area contributed by atoms with Crippen molar-refractivity contribution in [2.24, 2.45) is 10.2 Å². The van der Waals surface area contributed by atoms with E-state index in [4.69, 9.17) is 11.1 Å². The van der Waals surface area contributed by atoms with Crippen molar-refractivity contribution in [2.75, 3.05) is 5.32 Å². The van der Waals surface area contributed by atoms with Crippen LogP contribution < -0.4 is 5.32 Å². The molecule has 0 spiro atoms. The van der Waals surface area contributed by atoms with Crippen LogP contribution in [0, 0.1) is 0 Å². The average Bonchev–Trinajstić information content (AvgIpc) is 2.40. The zero-order valence-electron chi connectivity index (χ0n) is 9.54. The lowest BCUT2D eigenvalue weighted by atomic mass is 10.3. The first kappa shape index (κ1) is 12.2. The van der Waals surface area contributed by atoms with Crippen LogP contribution in [0.5, 0.6) is 0 Å². The van der Waals surface area contributed by atoms with Crippen molar-refractivity contribution in [2.45, 2.75) is 0 Å². The monoisotopic (exact) mass is 253 g/mol. The molecule has 19 heavy (non-hydrogen) atoms. The van der Waals surface area contributed by atoms with Crippen molar-refractivity contribution in [1.82, 2.24) is 9.97 Å². The number of hydrogen-bond donors (Lipinski definition) is 1.